The van der Waals surface area contributed by atoms with Crippen LogP contribution in [0.25, 0.3) is 5.65 Å². The zero-order valence-corrected chi connectivity index (χ0v) is 17.2. The monoisotopic (exact) mass is 455 g/mol. The lowest BCUT2D eigenvalue weighted by molar-refractivity contribution is -0.140. The van der Waals surface area contributed by atoms with E-state index in [1.54, 1.807) is 19.9 Å². The first-order valence-electron chi connectivity index (χ1n) is 9.95. The van der Waals surface area contributed by atoms with Crippen molar-refractivity contribution >= 4 is 23.5 Å². The number of rotatable bonds is 5. The van der Waals surface area contributed by atoms with Gasteiger partial charge in [-0.2, -0.15) is 18.3 Å². The van der Waals surface area contributed by atoms with E-state index >= 15 is 0 Å². The summed E-state index contributed by atoms with van der Waals surface area (Å²) in [4.78, 5) is 19.4. The number of nitrogens with one attached hydrogen (secondary N) is 3. The molecule has 0 bridgehead atoms. The quantitative estimate of drug-likeness (QED) is 0.503. The van der Waals surface area contributed by atoms with Gasteiger partial charge in [-0.25, -0.2) is 19.2 Å². The third-order valence-corrected chi connectivity index (χ3v) is 5.04. The van der Waals surface area contributed by atoms with Crippen LogP contribution in [0.2, 0.25) is 0 Å². The van der Waals surface area contributed by atoms with Crippen LogP contribution in [0.1, 0.15) is 44.0 Å². The van der Waals surface area contributed by atoms with Crippen LogP contribution in [0.5, 0.6) is 0 Å². The van der Waals surface area contributed by atoms with Gasteiger partial charge in [0.05, 0.1) is 0 Å². The van der Waals surface area contributed by atoms with E-state index in [-0.39, 0.29) is 36.4 Å². The Morgan fingerprint density at radius 2 is 2.12 bits per heavy atom. The maximum absolute atomic E-state index is 14.4. The summed E-state index contributed by atoms with van der Waals surface area (Å²) >= 11 is 0. The van der Waals surface area contributed by atoms with Crippen molar-refractivity contribution in [3.05, 3.63) is 35.9 Å². The van der Waals surface area contributed by atoms with Crippen LogP contribution in [0.15, 0.2) is 24.5 Å². The van der Waals surface area contributed by atoms with Gasteiger partial charge in [-0.3, -0.25) is 9.50 Å². The first-order chi connectivity index (χ1) is 15.1. The maximum atomic E-state index is 14.4. The lowest BCUT2D eigenvalue weighted by atomic mass is 10.0. The molecule has 1 fully saturated rings. The van der Waals surface area contributed by atoms with E-state index in [2.05, 4.69) is 30.8 Å². The summed E-state index contributed by atoms with van der Waals surface area (Å²) in [5.74, 6) is 0.114. The molecule has 1 amide bonds. The zero-order valence-electron chi connectivity index (χ0n) is 17.2. The van der Waals surface area contributed by atoms with Gasteiger partial charge in [0.1, 0.15) is 17.9 Å². The Balaban J connectivity index is 1.46. The SMILES string of the molecule is CC(C)NC(=O)O[C@H]1C[C@@H](c2cc(Nc3nccc4nc(C(F)(F)F)cn34)n[nH]2)C[C@H]1F. The molecule has 172 valence electrons. The van der Waals surface area contributed by atoms with Gasteiger partial charge in [-0.15, -0.1) is 0 Å². The average Bonchev–Trinajstić information content (AvgIpc) is 3.40. The van der Waals surface area contributed by atoms with Crippen molar-refractivity contribution in [2.75, 3.05) is 5.32 Å². The Bertz CT molecular complexity index is 1110. The number of imidazole rings is 1. The molecular weight excluding hydrogens is 434 g/mol. The van der Waals surface area contributed by atoms with Gasteiger partial charge in [-0.1, -0.05) is 0 Å². The van der Waals surface area contributed by atoms with E-state index in [1.165, 1.54) is 16.7 Å². The van der Waals surface area contributed by atoms with Gasteiger partial charge >= 0.3 is 12.3 Å². The molecule has 1 saturated carbocycles. The number of ether oxygens (including phenoxy) is 1. The third-order valence-electron chi connectivity index (χ3n) is 5.04. The van der Waals surface area contributed by atoms with Crippen LogP contribution in [0, 0.1) is 0 Å². The number of amides is 1. The van der Waals surface area contributed by atoms with Crippen LogP contribution in [0.3, 0.4) is 0 Å². The number of nitrogens with zero attached hydrogens (tertiary/aromatic N) is 4. The fraction of sp³-hybridized carbons (Fsp3) is 0.474. The number of aromatic nitrogens is 5. The molecule has 0 unspecified atom stereocenters. The van der Waals surface area contributed by atoms with Gasteiger partial charge < -0.3 is 15.4 Å². The minimum absolute atomic E-state index is 0.0707. The summed E-state index contributed by atoms with van der Waals surface area (Å²) in [7, 11) is 0. The number of alkyl halides is 4. The summed E-state index contributed by atoms with van der Waals surface area (Å²) < 4.78 is 59.6. The molecule has 9 nitrogen and oxygen atoms in total. The molecule has 32 heavy (non-hydrogen) atoms. The Hall–Kier alpha value is -3.38. The lowest BCUT2D eigenvalue weighted by Crippen LogP contribution is -2.35. The number of alkyl carbamates (subject to hydrolysis) is 1. The van der Waals surface area contributed by atoms with Gasteiger partial charge in [0, 0.05) is 36.1 Å². The van der Waals surface area contributed by atoms with Crippen molar-refractivity contribution in [3.63, 3.8) is 0 Å². The topological polar surface area (TPSA) is 109 Å². The maximum Gasteiger partial charge on any atom is 0.434 e. The molecule has 0 saturated heterocycles. The largest absolute Gasteiger partial charge is 0.443 e. The second kappa shape index (κ2) is 8.28. The summed E-state index contributed by atoms with van der Waals surface area (Å²) in [5.41, 5.74) is -0.357. The van der Waals surface area contributed by atoms with Crippen molar-refractivity contribution in [2.24, 2.45) is 0 Å². The molecule has 1 aliphatic rings. The molecule has 3 heterocycles. The normalized spacial score (nSPS) is 21.3. The molecule has 3 N–H and O–H groups in total. The van der Waals surface area contributed by atoms with Gasteiger partial charge in [-0.05, 0) is 32.8 Å². The number of aromatic amines is 1. The van der Waals surface area contributed by atoms with Crippen molar-refractivity contribution in [1.29, 1.82) is 0 Å². The predicted octanol–water partition coefficient (Wildman–Crippen LogP) is 3.93. The molecule has 0 aliphatic heterocycles. The third kappa shape index (κ3) is 4.60. The van der Waals surface area contributed by atoms with E-state index in [4.69, 9.17) is 4.74 Å². The minimum atomic E-state index is -4.58. The molecule has 3 aromatic rings. The van der Waals surface area contributed by atoms with Crippen molar-refractivity contribution in [3.8, 4) is 0 Å². The number of carbonyl (C=O) groups excluding carboxylic acids is 1. The van der Waals surface area contributed by atoms with Gasteiger partial charge in [0.2, 0.25) is 5.95 Å². The van der Waals surface area contributed by atoms with Gasteiger partial charge in [0.25, 0.3) is 0 Å². The Morgan fingerprint density at radius 3 is 2.84 bits per heavy atom. The van der Waals surface area contributed by atoms with Crippen molar-refractivity contribution in [2.45, 2.75) is 57.1 Å². The summed E-state index contributed by atoms with van der Waals surface area (Å²) in [6, 6.07) is 2.85. The number of anilines is 2. The highest BCUT2D eigenvalue weighted by Gasteiger charge is 2.39. The van der Waals surface area contributed by atoms with E-state index in [0.717, 1.165) is 6.20 Å². The second-order valence-corrected chi connectivity index (χ2v) is 7.88. The number of hydrogen-bond acceptors (Lipinski definition) is 6. The van der Waals surface area contributed by atoms with Crippen LogP contribution in [-0.4, -0.2) is 49.0 Å². The van der Waals surface area contributed by atoms with Crippen LogP contribution in [0.4, 0.5) is 34.1 Å². The van der Waals surface area contributed by atoms with E-state index < -0.39 is 30.2 Å². The Labute approximate surface area is 179 Å². The number of halogens is 4. The van der Waals surface area contributed by atoms with Gasteiger partial charge in [0.15, 0.2) is 11.5 Å². The lowest BCUT2D eigenvalue weighted by Gasteiger charge is -2.16. The predicted molar refractivity (Wildman–Crippen MR) is 105 cm³/mol. The van der Waals surface area contributed by atoms with E-state index in [9.17, 15) is 22.4 Å². The molecule has 1 aliphatic carbocycles. The molecule has 3 atom stereocenters. The first-order valence-corrected chi connectivity index (χ1v) is 9.95. The van der Waals surface area contributed by atoms with E-state index in [1.807, 2.05) is 0 Å². The second-order valence-electron chi connectivity index (χ2n) is 7.88. The summed E-state index contributed by atoms with van der Waals surface area (Å²) in [6.45, 7) is 3.54. The number of H-pyrrole nitrogens is 1. The minimum Gasteiger partial charge on any atom is -0.443 e. The van der Waals surface area contributed by atoms with Crippen LogP contribution >= 0.6 is 0 Å². The summed E-state index contributed by atoms with van der Waals surface area (Å²) in [6.07, 6.45) is -4.86. The smallest absolute Gasteiger partial charge is 0.434 e. The molecule has 3 aromatic heterocycles. The number of hydrogen-bond donors (Lipinski definition) is 3. The first kappa shape index (κ1) is 21.8. The molecule has 0 radical (unpaired) electrons. The Kier molecular flexibility index (Phi) is 5.65. The van der Waals surface area contributed by atoms with Crippen LogP contribution < -0.4 is 10.6 Å². The molecular formula is C19H21F4N7O2. The molecule has 0 aromatic carbocycles. The van der Waals surface area contributed by atoms with Crippen LogP contribution in [-0.2, 0) is 10.9 Å². The van der Waals surface area contributed by atoms with Crippen molar-refractivity contribution < 1.29 is 27.1 Å². The fourth-order valence-electron chi connectivity index (χ4n) is 3.60. The highest BCUT2D eigenvalue weighted by Crippen LogP contribution is 2.38. The fourth-order valence-corrected chi connectivity index (χ4v) is 3.60. The summed E-state index contributed by atoms with van der Waals surface area (Å²) in [5, 5.41) is 12.3. The number of carbonyl (C=O) groups is 1. The Morgan fingerprint density at radius 1 is 1.34 bits per heavy atom. The standard InChI is InChI=1S/C19H21F4N7O2/c1-9(2)25-18(31)32-13-6-10(5-11(13)20)12-7-15(29-28-12)27-17-24-4-3-16-26-14(8-30(16)17)19(21,22)23/h3-4,7-11,13H,5-6H2,1-2H3,(H,25,31)(H2,24,27,28,29)/t10-,11+,13-/m0/s1. The average molecular weight is 455 g/mol. The van der Waals surface area contributed by atoms with Crippen molar-refractivity contribution in [1.82, 2.24) is 29.9 Å². The number of fused-ring (bicyclic) bond motifs is 1. The van der Waals surface area contributed by atoms with E-state index in [0.29, 0.717) is 11.5 Å². The highest BCUT2D eigenvalue weighted by molar-refractivity contribution is 5.67. The molecule has 4 rings (SSSR count). The molecule has 0 spiro atoms. The highest BCUT2D eigenvalue weighted by atomic mass is 19.4. The molecule has 13 heteroatoms. The zero-order chi connectivity index (χ0) is 23.0.